The second kappa shape index (κ2) is 13.0. The summed E-state index contributed by atoms with van der Waals surface area (Å²) in [7, 11) is 0. The van der Waals surface area contributed by atoms with E-state index in [9.17, 15) is 0 Å². The van der Waals surface area contributed by atoms with Gasteiger partial charge in [-0.1, -0.05) is 72.0 Å². The summed E-state index contributed by atoms with van der Waals surface area (Å²) in [6, 6.07) is 7.97. The van der Waals surface area contributed by atoms with Crippen molar-refractivity contribution >= 4 is 29.0 Å². The molecule has 0 amide bonds. The summed E-state index contributed by atoms with van der Waals surface area (Å²) in [5.41, 5.74) is 2.12. The summed E-state index contributed by atoms with van der Waals surface area (Å²) in [5, 5.41) is 0. The third kappa shape index (κ3) is 6.32. The van der Waals surface area contributed by atoms with E-state index in [0.29, 0.717) is 0 Å². The largest absolute Gasteiger partial charge is 0.260 e. The number of benzene rings is 1. The minimum absolute atomic E-state index is 0.812. The van der Waals surface area contributed by atoms with E-state index < -0.39 is 0 Å². The van der Waals surface area contributed by atoms with E-state index in [0.717, 1.165) is 22.5 Å². The molecule has 1 aliphatic rings. The van der Waals surface area contributed by atoms with Crippen LogP contribution in [0.4, 0.5) is 5.69 Å². The van der Waals surface area contributed by atoms with Crippen LogP contribution in [0, 0.1) is 0 Å². The van der Waals surface area contributed by atoms with E-state index in [2.05, 4.69) is 4.99 Å². The summed E-state index contributed by atoms with van der Waals surface area (Å²) in [6.07, 6.45) is 2.68. The molecule has 0 spiro atoms. The summed E-state index contributed by atoms with van der Waals surface area (Å²) < 4.78 is 0. The van der Waals surface area contributed by atoms with Crippen molar-refractivity contribution in [2.45, 2.75) is 48.0 Å². The quantitative estimate of drug-likeness (QED) is 0.547. The van der Waals surface area contributed by atoms with Gasteiger partial charge in [0, 0.05) is 23.1 Å². The molecule has 2 rings (SSSR count). The van der Waals surface area contributed by atoms with Crippen molar-refractivity contribution < 1.29 is 0 Å². The molecule has 0 saturated carbocycles. The average molecular weight is 251 g/mol. The van der Waals surface area contributed by atoms with Gasteiger partial charge in [0.1, 0.15) is 0 Å². The molecule has 17 heavy (non-hydrogen) atoms. The molecule has 96 valence electrons. The highest BCUT2D eigenvalue weighted by Gasteiger charge is 2.08. The first-order valence-corrected chi connectivity index (χ1v) is 6.93. The van der Waals surface area contributed by atoms with Gasteiger partial charge in [-0.15, -0.1) is 0 Å². The number of hydrogen-bond acceptors (Lipinski definition) is 2. The van der Waals surface area contributed by atoms with Gasteiger partial charge < -0.3 is 0 Å². The maximum absolute atomic E-state index is 5.17. The lowest BCUT2D eigenvalue weighted by Crippen LogP contribution is -2.02. The molecule has 0 saturated heterocycles. The number of rotatable bonds is 0. The molecule has 0 N–H and O–H groups in total. The zero-order valence-electron chi connectivity index (χ0n) is 11.9. The van der Waals surface area contributed by atoms with Crippen molar-refractivity contribution in [1.29, 1.82) is 0 Å². The molecular formula is C15H25NS. The third-order valence-corrected chi connectivity index (χ3v) is 2.10. The first-order valence-electron chi connectivity index (χ1n) is 6.53. The van der Waals surface area contributed by atoms with Crippen LogP contribution in [0.1, 0.15) is 53.5 Å². The Hall–Kier alpha value is -1.02. The van der Waals surface area contributed by atoms with Crippen molar-refractivity contribution in [3.8, 4) is 0 Å². The Kier molecular flexibility index (Phi) is 14.1. The van der Waals surface area contributed by atoms with Crippen molar-refractivity contribution in [2.24, 2.45) is 4.99 Å². The van der Waals surface area contributed by atoms with Crippen LogP contribution in [0.5, 0.6) is 0 Å². The molecule has 0 atom stereocenters. The number of thiocarbonyl (C=S) groups is 1. The van der Waals surface area contributed by atoms with Gasteiger partial charge in [-0.05, 0) is 6.07 Å². The lowest BCUT2D eigenvalue weighted by Gasteiger charge is -2.08. The number of hydrogen-bond donors (Lipinski definition) is 0. The topological polar surface area (TPSA) is 12.4 Å². The maximum atomic E-state index is 5.17. The molecule has 1 heterocycles. The molecule has 2 heteroatoms. The minimum atomic E-state index is 0.812. The first-order chi connectivity index (χ1) is 8.38. The van der Waals surface area contributed by atoms with Gasteiger partial charge in [0.2, 0.25) is 0 Å². The summed E-state index contributed by atoms with van der Waals surface area (Å²) >= 11 is 5.17. The van der Waals surface area contributed by atoms with Gasteiger partial charge in [0.05, 0.1) is 5.69 Å². The normalized spacial score (nSPS) is 10.6. The molecule has 0 bridgehead atoms. The van der Waals surface area contributed by atoms with Gasteiger partial charge in [-0.25, -0.2) is 0 Å². The minimum Gasteiger partial charge on any atom is -0.260 e. The fourth-order valence-corrected chi connectivity index (χ4v) is 1.41. The monoisotopic (exact) mass is 251 g/mol. The summed E-state index contributed by atoms with van der Waals surface area (Å²) in [5.74, 6) is 0. The molecule has 0 fully saturated rings. The van der Waals surface area contributed by atoms with Crippen LogP contribution < -0.4 is 0 Å². The molecule has 1 aromatic rings. The Morgan fingerprint density at radius 1 is 0.941 bits per heavy atom. The number of aliphatic imine (C=N–C) groups is 1. The van der Waals surface area contributed by atoms with Gasteiger partial charge in [-0.2, -0.15) is 0 Å². The lowest BCUT2D eigenvalue weighted by molar-refractivity contribution is 1.43. The van der Waals surface area contributed by atoms with E-state index in [-0.39, 0.29) is 0 Å². The van der Waals surface area contributed by atoms with Gasteiger partial charge in [-0.3, -0.25) is 4.99 Å². The predicted octanol–water partition coefficient (Wildman–Crippen LogP) is 5.59. The zero-order chi connectivity index (χ0) is 13.7. The Balaban J connectivity index is 0. The van der Waals surface area contributed by atoms with E-state index in [1.54, 1.807) is 0 Å². The van der Waals surface area contributed by atoms with Crippen LogP contribution in [0.25, 0.3) is 0 Å². The highest BCUT2D eigenvalue weighted by molar-refractivity contribution is 7.81. The highest BCUT2D eigenvalue weighted by atomic mass is 32.1. The average Bonchev–Trinajstić information content (AvgIpc) is 2.46. The predicted molar refractivity (Wildman–Crippen MR) is 85.0 cm³/mol. The summed E-state index contributed by atoms with van der Waals surface area (Å²) in [6.45, 7) is 12.0. The zero-order valence-corrected chi connectivity index (χ0v) is 12.8. The smallest absolute Gasteiger partial charge is 0.0709 e. The van der Waals surface area contributed by atoms with Crippen LogP contribution in [0.15, 0.2) is 29.3 Å². The van der Waals surface area contributed by atoms with Crippen LogP contribution in [0.2, 0.25) is 0 Å². The van der Waals surface area contributed by atoms with Crippen LogP contribution in [0.3, 0.4) is 0 Å². The van der Waals surface area contributed by atoms with E-state index >= 15 is 0 Å². The first kappa shape index (κ1) is 18.3. The fraction of sp³-hybridized carbons (Fsp3) is 0.467. The third-order valence-electron chi connectivity index (χ3n) is 1.71. The van der Waals surface area contributed by atoms with Crippen molar-refractivity contribution in [3.63, 3.8) is 0 Å². The SMILES string of the molecule is CC.CC.CC.S=C1CC=Nc2ccccc21. The van der Waals surface area contributed by atoms with E-state index in [4.69, 9.17) is 12.2 Å². The number of nitrogens with zero attached hydrogens (tertiary/aromatic N) is 1. The van der Waals surface area contributed by atoms with Gasteiger partial charge in [0.25, 0.3) is 0 Å². The molecular weight excluding hydrogens is 226 g/mol. The van der Waals surface area contributed by atoms with Crippen LogP contribution in [-0.4, -0.2) is 11.1 Å². The second-order valence-corrected chi connectivity index (χ2v) is 2.95. The van der Waals surface area contributed by atoms with Crippen molar-refractivity contribution in [3.05, 3.63) is 29.8 Å². The highest BCUT2D eigenvalue weighted by Crippen LogP contribution is 2.23. The van der Waals surface area contributed by atoms with Crippen molar-refractivity contribution in [1.82, 2.24) is 0 Å². The standard InChI is InChI=1S/C9H7NS.3C2H6/c11-9-5-6-10-8-4-2-1-3-7(8)9;3*1-2/h1-4,6H,5H2;3*1-2H3. The Labute approximate surface area is 112 Å². The molecule has 1 aromatic carbocycles. The van der Waals surface area contributed by atoms with Gasteiger partial charge >= 0.3 is 0 Å². The fourth-order valence-electron chi connectivity index (χ4n) is 1.16. The summed E-state index contributed by atoms with van der Waals surface area (Å²) in [4.78, 5) is 5.23. The number of fused-ring (bicyclic) bond motifs is 1. The second-order valence-electron chi connectivity index (χ2n) is 2.46. The van der Waals surface area contributed by atoms with E-state index in [1.807, 2.05) is 72.0 Å². The molecule has 1 aliphatic heterocycles. The molecule has 0 radical (unpaired) electrons. The molecule has 0 aliphatic carbocycles. The Morgan fingerprint density at radius 3 is 2.00 bits per heavy atom. The lowest BCUT2D eigenvalue weighted by atomic mass is 10.1. The van der Waals surface area contributed by atoms with Crippen LogP contribution in [-0.2, 0) is 0 Å². The molecule has 0 aromatic heterocycles. The van der Waals surface area contributed by atoms with Crippen LogP contribution >= 0.6 is 12.2 Å². The Bertz CT molecular complexity index is 329. The molecule has 1 nitrogen and oxygen atoms in total. The van der Waals surface area contributed by atoms with Crippen molar-refractivity contribution in [2.75, 3.05) is 0 Å². The molecule has 0 unspecified atom stereocenters. The van der Waals surface area contributed by atoms with E-state index in [1.165, 1.54) is 0 Å². The Morgan fingerprint density at radius 2 is 1.47 bits per heavy atom. The van der Waals surface area contributed by atoms with Gasteiger partial charge in [0.15, 0.2) is 0 Å². The maximum Gasteiger partial charge on any atom is 0.0709 e. The number of para-hydroxylation sites is 1.